The first-order valence-electron chi connectivity index (χ1n) is 10.1. The van der Waals surface area contributed by atoms with Crippen LogP contribution >= 0.6 is 11.3 Å². The van der Waals surface area contributed by atoms with Gasteiger partial charge in [-0.15, -0.1) is 11.3 Å². The number of carbonyl (C=O) groups is 1. The first-order chi connectivity index (χ1) is 14.2. The third-order valence-corrected chi connectivity index (χ3v) is 6.63. The van der Waals surface area contributed by atoms with Crippen LogP contribution in [-0.4, -0.2) is 36.1 Å². The number of aromatic nitrogens is 2. The molecule has 1 saturated heterocycles. The topological polar surface area (TPSA) is 67.4 Å². The van der Waals surface area contributed by atoms with Crippen LogP contribution in [0.3, 0.4) is 0 Å². The van der Waals surface area contributed by atoms with Gasteiger partial charge in [-0.2, -0.15) is 0 Å². The summed E-state index contributed by atoms with van der Waals surface area (Å²) in [6.07, 6.45) is 4.50. The molecule has 0 unspecified atom stereocenters. The monoisotopic (exact) mass is 410 g/mol. The Labute approximate surface area is 174 Å². The predicted octanol–water partition coefficient (Wildman–Crippen LogP) is 3.80. The van der Waals surface area contributed by atoms with Crippen molar-refractivity contribution >= 4 is 33.3 Å². The van der Waals surface area contributed by atoms with Crippen LogP contribution in [0.25, 0.3) is 10.2 Å². The molecule has 152 valence electrons. The molecule has 3 aromatic rings. The van der Waals surface area contributed by atoms with E-state index in [0.717, 1.165) is 53.2 Å². The van der Waals surface area contributed by atoms with E-state index in [2.05, 4.69) is 33.2 Å². The minimum atomic E-state index is -0.0484. The number of ether oxygens (including phenoxy) is 1. The number of hydrogen-bond acceptors (Lipinski definition) is 6. The number of rotatable bonds is 6. The van der Waals surface area contributed by atoms with Crippen molar-refractivity contribution in [1.82, 2.24) is 15.3 Å². The number of methoxy groups -OCH3 is 1. The molecule has 1 aliphatic heterocycles. The summed E-state index contributed by atoms with van der Waals surface area (Å²) < 4.78 is 5.38. The second kappa shape index (κ2) is 8.78. The Morgan fingerprint density at radius 3 is 3.03 bits per heavy atom. The van der Waals surface area contributed by atoms with Crippen LogP contribution in [0.5, 0.6) is 5.75 Å². The van der Waals surface area contributed by atoms with Crippen LogP contribution < -0.4 is 15.0 Å². The first kappa shape index (κ1) is 19.6. The number of amides is 1. The van der Waals surface area contributed by atoms with Crippen molar-refractivity contribution in [3.05, 3.63) is 47.1 Å². The van der Waals surface area contributed by atoms with E-state index in [1.54, 1.807) is 24.8 Å². The van der Waals surface area contributed by atoms with Gasteiger partial charge in [0.05, 0.1) is 18.4 Å². The number of aryl methyl sites for hydroxylation is 1. The van der Waals surface area contributed by atoms with Crippen molar-refractivity contribution in [2.75, 3.05) is 25.1 Å². The van der Waals surface area contributed by atoms with Gasteiger partial charge in [-0.3, -0.25) is 4.79 Å². The molecule has 1 fully saturated rings. The largest absolute Gasteiger partial charge is 0.496 e. The van der Waals surface area contributed by atoms with Gasteiger partial charge in [-0.25, -0.2) is 9.97 Å². The van der Waals surface area contributed by atoms with Gasteiger partial charge >= 0.3 is 0 Å². The van der Waals surface area contributed by atoms with Crippen molar-refractivity contribution in [2.24, 2.45) is 5.92 Å². The molecule has 1 atom stereocenters. The number of para-hydroxylation sites is 1. The Kier molecular flexibility index (Phi) is 5.94. The highest BCUT2D eigenvalue weighted by Crippen LogP contribution is 2.32. The minimum absolute atomic E-state index is 0.0484. The van der Waals surface area contributed by atoms with Gasteiger partial charge in [-0.1, -0.05) is 25.1 Å². The minimum Gasteiger partial charge on any atom is -0.496 e. The van der Waals surface area contributed by atoms with Gasteiger partial charge in [-0.05, 0) is 31.4 Å². The smallest absolute Gasteiger partial charge is 0.225 e. The fourth-order valence-corrected chi connectivity index (χ4v) is 4.81. The second-order valence-electron chi connectivity index (χ2n) is 7.30. The fraction of sp³-hybridized carbons (Fsp3) is 0.409. The lowest BCUT2D eigenvalue weighted by atomic mass is 9.96. The van der Waals surface area contributed by atoms with E-state index in [9.17, 15) is 4.79 Å². The third-order valence-electron chi connectivity index (χ3n) is 5.45. The second-order valence-corrected chi connectivity index (χ2v) is 8.41. The molecule has 6 nitrogen and oxygen atoms in total. The van der Waals surface area contributed by atoms with E-state index >= 15 is 0 Å². The highest BCUT2D eigenvalue weighted by atomic mass is 32.1. The third kappa shape index (κ3) is 4.19. The van der Waals surface area contributed by atoms with E-state index < -0.39 is 0 Å². The van der Waals surface area contributed by atoms with Crippen molar-refractivity contribution in [1.29, 1.82) is 0 Å². The van der Waals surface area contributed by atoms with Crippen LogP contribution in [0.1, 0.15) is 30.2 Å². The average Bonchev–Trinajstić information content (AvgIpc) is 3.21. The molecule has 0 bridgehead atoms. The number of hydrogen-bond donors (Lipinski definition) is 1. The quantitative estimate of drug-likeness (QED) is 0.670. The number of piperidine rings is 1. The predicted molar refractivity (Wildman–Crippen MR) is 117 cm³/mol. The van der Waals surface area contributed by atoms with Crippen LogP contribution in [0, 0.1) is 5.92 Å². The van der Waals surface area contributed by atoms with Crippen molar-refractivity contribution in [2.45, 2.75) is 32.7 Å². The first-order valence-corrected chi connectivity index (χ1v) is 10.9. The molecule has 3 heterocycles. The van der Waals surface area contributed by atoms with Gasteiger partial charge < -0.3 is 15.0 Å². The van der Waals surface area contributed by atoms with Crippen molar-refractivity contribution in [3.63, 3.8) is 0 Å². The number of thiophene rings is 1. The Morgan fingerprint density at radius 2 is 2.21 bits per heavy atom. The maximum atomic E-state index is 12.9. The lowest BCUT2D eigenvalue weighted by molar-refractivity contribution is -0.125. The standard InChI is InChI=1S/C22H26N4O2S/c1-3-17-11-18-20(24-14-25-22(18)29-17)26-10-6-8-16(13-26)21(27)23-12-15-7-4-5-9-19(15)28-2/h4-5,7,9,11,14,16H,3,6,8,10,12-13H2,1-2H3,(H,23,27)/t16-/m0/s1. The number of benzene rings is 1. The van der Waals surface area contributed by atoms with Gasteiger partial charge in [0, 0.05) is 30.1 Å². The van der Waals surface area contributed by atoms with E-state index in [1.165, 1.54) is 4.88 Å². The summed E-state index contributed by atoms with van der Waals surface area (Å²) in [5.74, 6) is 1.79. The van der Waals surface area contributed by atoms with Gasteiger partial charge in [0.25, 0.3) is 0 Å². The number of nitrogens with one attached hydrogen (secondary N) is 1. The van der Waals surface area contributed by atoms with E-state index in [1.807, 2.05) is 24.3 Å². The van der Waals surface area contributed by atoms with Crippen molar-refractivity contribution < 1.29 is 9.53 Å². The number of anilines is 1. The summed E-state index contributed by atoms with van der Waals surface area (Å²) in [6, 6.07) is 9.97. The molecule has 29 heavy (non-hydrogen) atoms. The normalized spacial score (nSPS) is 16.8. The van der Waals surface area contributed by atoms with Gasteiger partial charge in [0.15, 0.2) is 0 Å². The lowest BCUT2D eigenvalue weighted by Gasteiger charge is -2.33. The molecule has 1 N–H and O–H groups in total. The molecular weight excluding hydrogens is 384 g/mol. The number of nitrogens with zero attached hydrogens (tertiary/aromatic N) is 3. The van der Waals surface area contributed by atoms with Gasteiger partial charge in [0.1, 0.15) is 22.7 Å². The number of carbonyl (C=O) groups excluding carboxylic acids is 1. The number of fused-ring (bicyclic) bond motifs is 1. The Morgan fingerprint density at radius 1 is 1.34 bits per heavy atom. The van der Waals surface area contributed by atoms with Gasteiger partial charge in [0.2, 0.25) is 5.91 Å². The molecule has 2 aromatic heterocycles. The van der Waals surface area contributed by atoms with Crippen LogP contribution in [-0.2, 0) is 17.8 Å². The molecule has 0 saturated carbocycles. The molecular formula is C22H26N4O2S. The zero-order valence-corrected chi connectivity index (χ0v) is 17.7. The maximum Gasteiger partial charge on any atom is 0.225 e. The summed E-state index contributed by atoms with van der Waals surface area (Å²) in [6.45, 7) is 4.23. The summed E-state index contributed by atoms with van der Waals surface area (Å²) in [5.41, 5.74) is 0.985. The fourth-order valence-electron chi connectivity index (χ4n) is 3.88. The lowest BCUT2D eigenvalue weighted by Crippen LogP contribution is -2.43. The van der Waals surface area contributed by atoms with Crippen LogP contribution in [0.4, 0.5) is 5.82 Å². The Bertz CT molecular complexity index is 1000. The zero-order valence-electron chi connectivity index (χ0n) is 16.9. The van der Waals surface area contributed by atoms with Crippen LogP contribution in [0.15, 0.2) is 36.7 Å². The summed E-state index contributed by atoms with van der Waals surface area (Å²) >= 11 is 1.72. The molecule has 0 aliphatic carbocycles. The summed E-state index contributed by atoms with van der Waals surface area (Å²) in [4.78, 5) is 26.4. The molecule has 1 aromatic carbocycles. The zero-order chi connectivity index (χ0) is 20.2. The molecule has 7 heteroatoms. The summed E-state index contributed by atoms with van der Waals surface area (Å²) in [7, 11) is 1.65. The molecule has 4 rings (SSSR count). The Hall–Kier alpha value is -2.67. The van der Waals surface area contributed by atoms with Crippen LogP contribution in [0.2, 0.25) is 0 Å². The SMILES string of the molecule is CCc1cc2c(N3CCC[C@H](C(=O)NCc4ccccc4OC)C3)ncnc2s1. The average molecular weight is 411 g/mol. The highest BCUT2D eigenvalue weighted by Gasteiger charge is 2.27. The van der Waals surface area contributed by atoms with E-state index in [4.69, 9.17) is 4.74 Å². The molecule has 0 spiro atoms. The Balaban J connectivity index is 1.46. The molecule has 0 radical (unpaired) electrons. The van der Waals surface area contributed by atoms with E-state index in [0.29, 0.717) is 13.1 Å². The van der Waals surface area contributed by atoms with E-state index in [-0.39, 0.29) is 11.8 Å². The molecule has 1 amide bonds. The maximum absolute atomic E-state index is 12.9. The van der Waals surface area contributed by atoms with Crippen molar-refractivity contribution in [3.8, 4) is 5.75 Å². The highest BCUT2D eigenvalue weighted by molar-refractivity contribution is 7.18. The summed E-state index contributed by atoms with van der Waals surface area (Å²) in [5, 5.41) is 4.19. The molecule has 1 aliphatic rings.